The van der Waals surface area contributed by atoms with Crippen LogP contribution in [0.4, 0.5) is 16.0 Å². The van der Waals surface area contributed by atoms with Crippen molar-refractivity contribution in [3.05, 3.63) is 115 Å². The van der Waals surface area contributed by atoms with Crippen molar-refractivity contribution < 1.29 is 22.3 Å². The summed E-state index contributed by atoms with van der Waals surface area (Å²) in [7, 11) is -2.50. The van der Waals surface area contributed by atoms with Gasteiger partial charge in [0.05, 0.1) is 17.7 Å². The van der Waals surface area contributed by atoms with Gasteiger partial charge in [-0.3, -0.25) is 10.2 Å². The highest BCUT2D eigenvalue weighted by molar-refractivity contribution is 7.89. The van der Waals surface area contributed by atoms with Gasteiger partial charge >= 0.3 is 0 Å². The highest BCUT2D eigenvalue weighted by atomic mass is 32.2. The molecular weight excluding hydrogens is 535 g/mol. The lowest BCUT2D eigenvalue weighted by molar-refractivity contribution is 0.0945. The molecule has 0 saturated carbocycles. The van der Waals surface area contributed by atoms with E-state index in [1.54, 1.807) is 28.9 Å². The lowest BCUT2D eigenvalue weighted by Crippen LogP contribution is -2.41. The third-order valence-electron chi connectivity index (χ3n) is 5.78. The first kappa shape index (κ1) is 26.5. The van der Waals surface area contributed by atoms with Gasteiger partial charge in [-0.15, -0.1) is 9.93 Å². The van der Waals surface area contributed by atoms with Crippen LogP contribution in [0.25, 0.3) is 17.1 Å². The summed E-state index contributed by atoms with van der Waals surface area (Å²) in [6, 6.07) is 27.4. The zero-order valence-electron chi connectivity index (χ0n) is 21.1. The van der Waals surface area contributed by atoms with Crippen LogP contribution >= 0.6 is 0 Å². The standard InChI is InChI=1S/C28H23FN6O4S/c1-39-24-15-17-25(18-16-24)40(37,38)34-32-27(36)20-7-11-22(12-8-20)30-28-31-26(19-5-3-2-4-6-19)35(33-28)23-13-9-21(29)10-14-23/h2-18,34H,1H3,(H,30,33)(H,32,36). The van der Waals surface area contributed by atoms with Crippen molar-refractivity contribution in [2.45, 2.75) is 4.90 Å². The zero-order chi connectivity index (χ0) is 28.1. The topological polar surface area (TPSA) is 127 Å². The van der Waals surface area contributed by atoms with Crippen LogP contribution < -0.4 is 20.3 Å². The van der Waals surface area contributed by atoms with Gasteiger partial charge < -0.3 is 10.1 Å². The molecule has 0 saturated heterocycles. The number of hydrogen-bond donors (Lipinski definition) is 3. The second-order valence-electron chi connectivity index (χ2n) is 8.45. The second kappa shape index (κ2) is 11.4. The summed E-state index contributed by atoms with van der Waals surface area (Å²) in [5.41, 5.74) is 4.46. The maximum absolute atomic E-state index is 13.5. The number of anilines is 2. The highest BCUT2D eigenvalue weighted by Gasteiger charge is 2.17. The van der Waals surface area contributed by atoms with Crippen LogP contribution in [0.15, 0.2) is 108 Å². The van der Waals surface area contributed by atoms with E-state index in [0.717, 1.165) is 5.56 Å². The number of methoxy groups -OCH3 is 1. The van der Waals surface area contributed by atoms with E-state index in [0.29, 0.717) is 22.9 Å². The molecule has 1 amide bonds. The lowest BCUT2D eigenvalue weighted by atomic mass is 10.2. The highest BCUT2D eigenvalue weighted by Crippen LogP contribution is 2.24. The van der Waals surface area contributed by atoms with Crippen LogP contribution in [0, 0.1) is 5.82 Å². The Morgan fingerprint density at radius 2 is 1.55 bits per heavy atom. The summed E-state index contributed by atoms with van der Waals surface area (Å²) >= 11 is 0. The summed E-state index contributed by atoms with van der Waals surface area (Å²) in [6.45, 7) is 0. The number of hydrogen-bond acceptors (Lipinski definition) is 7. The van der Waals surface area contributed by atoms with Crippen molar-refractivity contribution >= 4 is 27.6 Å². The number of amides is 1. The van der Waals surface area contributed by atoms with Crippen LogP contribution in [-0.2, 0) is 10.0 Å². The van der Waals surface area contributed by atoms with E-state index >= 15 is 0 Å². The van der Waals surface area contributed by atoms with Crippen molar-refractivity contribution in [2.75, 3.05) is 12.4 Å². The van der Waals surface area contributed by atoms with Gasteiger partial charge in [0.2, 0.25) is 5.95 Å². The maximum atomic E-state index is 13.5. The number of carbonyl (C=O) groups is 1. The monoisotopic (exact) mass is 558 g/mol. The minimum Gasteiger partial charge on any atom is -0.497 e. The minimum absolute atomic E-state index is 0.0319. The zero-order valence-corrected chi connectivity index (χ0v) is 21.9. The normalized spacial score (nSPS) is 11.2. The van der Waals surface area contributed by atoms with E-state index in [9.17, 15) is 17.6 Å². The molecule has 1 aromatic heterocycles. The summed E-state index contributed by atoms with van der Waals surface area (Å²) in [4.78, 5) is 19.2. The van der Waals surface area contributed by atoms with Crippen LogP contribution in [0.5, 0.6) is 5.75 Å². The Kier molecular flexibility index (Phi) is 7.53. The van der Waals surface area contributed by atoms with Gasteiger partial charge in [0, 0.05) is 16.8 Å². The molecule has 0 bridgehead atoms. The number of hydrazine groups is 1. The molecule has 0 atom stereocenters. The molecule has 0 unspecified atom stereocenters. The van der Waals surface area contributed by atoms with Crippen molar-refractivity contribution in [1.29, 1.82) is 0 Å². The van der Waals surface area contributed by atoms with Gasteiger partial charge in [-0.25, -0.2) is 17.5 Å². The minimum atomic E-state index is -3.98. The molecule has 0 spiro atoms. The third-order valence-corrected chi connectivity index (χ3v) is 7.05. The number of carbonyl (C=O) groups excluding carboxylic acids is 1. The predicted molar refractivity (Wildman–Crippen MR) is 147 cm³/mol. The molecule has 202 valence electrons. The third kappa shape index (κ3) is 5.98. The Hall–Kier alpha value is -5.07. The van der Waals surface area contributed by atoms with Crippen LogP contribution in [-0.4, -0.2) is 36.2 Å². The van der Waals surface area contributed by atoms with Crippen LogP contribution in [0.3, 0.4) is 0 Å². The number of sulfonamides is 1. The summed E-state index contributed by atoms with van der Waals surface area (Å²) < 4.78 is 45.1. The Bertz CT molecular complexity index is 1730. The van der Waals surface area contributed by atoms with E-state index in [1.807, 2.05) is 30.3 Å². The molecule has 0 aliphatic carbocycles. The lowest BCUT2D eigenvalue weighted by Gasteiger charge is -2.09. The number of benzene rings is 4. The molecule has 1 heterocycles. The smallest absolute Gasteiger partial charge is 0.266 e. The molecular formula is C28H23FN6O4S. The molecule has 4 aromatic carbocycles. The van der Waals surface area contributed by atoms with E-state index in [-0.39, 0.29) is 22.2 Å². The average Bonchev–Trinajstić information content (AvgIpc) is 3.41. The fraction of sp³-hybridized carbons (Fsp3) is 0.0357. The number of aromatic nitrogens is 3. The van der Waals surface area contributed by atoms with Crippen molar-refractivity contribution in [3.8, 4) is 22.8 Å². The first-order valence-corrected chi connectivity index (χ1v) is 13.4. The quantitative estimate of drug-likeness (QED) is 0.228. The molecule has 0 radical (unpaired) electrons. The molecule has 5 aromatic rings. The summed E-state index contributed by atoms with van der Waals surface area (Å²) in [5.74, 6) is 0.336. The van der Waals surface area contributed by atoms with Gasteiger partial charge in [-0.05, 0) is 72.8 Å². The van der Waals surface area contributed by atoms with E-state index in [2.05, 4.69) is 25.7 Å². The summed E-state index contributed by atoms with van der Waals surface area (Å²) in [6.07, 6.45) is 0. The molecule has 0 aliphatic rings. The van der Waals surface area contributed by atoms with Crippen LogP contribution in [0.1, 0.15) is 10.4 Å². The van der Waals surface area contributed by atoms with Crippen molar-refractivity contribution in [1.82, 2.24) is 25.0 Å². The van der Waals surface area contributed by atoms with Gasteiger partial charge in [0.25, 0.3) is 15.9 Å². The van der Waals surface area contributed by atoms with Gasteiger partial charge in [-0.1, -0.05) is 30.3 Å². The number of rotatable bonds is 9. The average molecular weight is 559 g/mol. The molecule has 0 aliphatic heterocycles. The number of nitrogens with zero attached hydrogens (tertiary/aromatic N) is 3. The first-order valence-electron chi connectivity index (χ1n) is 11.9. The van der Waals surface area contributed by atoms with Crippen LogP contribution in [0.2, 0.25) is 0 Å². The molecule has 40 heavy (non-hydrogen) atoms. The van der Waals surface area contributed by atoms with Crippen molar-refractivity contribution in [2.24, 2.45) is 0 Å². The fourth-order valence-electron chi connectivity index (χ4n) is 3.73. The fourth-order valence-corrected chi connectivity index (χ4v) is 4.57. The van der Waals surface area contributed by atoms with Gasteiger partial charge in [0.15, 0.2) is 5.82 Å². The van der Waals surface area contributed by atoms with E-state index in [4.69, 9.17) is 4.74 Å². The Morgan fingerprint density at radius 3 is 2.20 bits per heavy atom. The molecule has 12 heteroatoms. The van der Waals surface area contributed by atoms with E-state index < -0.39 is 15.9 Å². The predicted octanol–water partition coefficient (Wildman–Crippen LogP) is 4.45. The largest absolute Gasteiger partial charge is 0.497 e. The summed E-state index contributed by atoms with van der Waals surface area (Å²) in [5, 5.41) is 7.64. The van der Waals surface area contributed by atoms with E-state index in [1.165, 1.54) is 55.6 Å². The molecule has 0 fully saturated rings. The second-order valence-corrected chi connectivity index (χ2v) is 10.1. The number of ether oxygens (including phenoxy) is 1. The Balaban J connectivity index is 1.29. The SMILES string of the molecule is COc1ccc(S(=O)(=O)NNC(=O)c2ccc(Nc3nc(-c4ccccc4)n(-c4ccc(F)cc4)n3)cc2)cc1. The molecule has 3 N–H and O–H groups in total. The van der Waals surface area contributed by atoms with Gasteiger partial charge in [-0.2, -0.15) is 4.98 Å². The van der Waals surface area contributed by atoms with Crippen molar-refractivity contribution in [3.63, 3.8) is 0 Å². The number of halogens is 1. The Labute approximate surface area is 229 Å². The number of nitrogens with one attached hydrogen (secondary N) is 3. The van der Waals surface area contributed by atoms with Gasteiger partial charge in [0.1, 0.15) is 11.6 Å². The molecule has 10 nitrogen and oxygen atoms in total. The maximum Gasteiger partial charge on any atom is 0.266 e. The Morgan fingerprint density at radius 1 is 0.875 bits per heavy atom. The molecule has 5 rings (SSSR count). The first-order chi connectivity index (χ1) is 19.3.